The second-order valence-electron chi connectivity index (χ2n) is 5.22. The van der Waals surface area contributed by atoms with Crippen LogP contribution in [0.3, 0.4) is 0 Å². The molecule has 1 heterocycles. The first-order valence-electron chi connectivity index (χ1n) is 6.90. The van der Waals surface area contributed by atoms with E-state index in [0.29, 0.717) is 5.69 Å². The fourth-order valence-corrected chi connectivity index (χ4v) is 2.38. The van der Waals surface area contributed by atoms with Gasteiger partial charge in [-0.25, -0.2) is 4.39 Å². The molecule has 0 aliphatic heterocycles. The highest BCUT2D eigenvalue weighted by atomic mass is 19.1. The zero-order chi connectivity index (χ0) is 15.7. The number of H-pyrrole nitrogens is 1. The maximum atomic E-state index is 13.2. The number of aromatic hydroxyl groups is 1. The summed E-state index contributed by atoms with van der Waals surface area (Å²) in [5.41, 5.74) is 1.22. The van der Waals surface area contributed by atoms with E-state index < -0.39 is 0 Å². The van der Waals surface area contributed by atoms with Crippen molar-refractivity contribution >= 4 is 16.7 Å². The maximum absolute atomic E-state index is 13.2. The third-order valence-electron chi connectivity index (χ3n) is 3.59. The summed E-state index contributed by atoms with van der Waals surface area (Å²) in [5.74, 6) is -0.550. The Morgan fingerprint density at radius 2 is 1.91 bits per heavy atom. The molecule has 5 heteroatoms. The van der Waals surface area contributed by atoms with E-state index in [0.717, 1.165) is 16.3 Å². The highest BCUT2D eigenvalue weighted by Gasteiger charge is 2.13. The summed E-state index contributed by atoms with van der Waals surface area (Å²) in [6.45, 7) is 1.87. The Hall–Kier alpha value is -2.82. The van der Waals surface area contributed by atoms with Crippen molar-refractivity contribution < 1.29 is 14.3 Å². The van der Waals surface area contributed by atoms with Crippen LogP contribution in [0.1, 0.15) is 29.0 Å². The van der Waals surface area contributed by atoms with Gasteiger partial charge in [-0.15, -0.1) is 0 Å². The molecule has 0 bridgehead atoms. The molecule has 0 unspecified atom stereocenters. The van der Waals surface area contributed by atoms with E-state index in [2.05, 4.69) is 10.3 Å². The van der Waals surface area contributed by atoms with Gasteiger partial charge in [0.1, 0.15) is 17.3 Å². The van der Waals surface area contributed by atoms with Crippen LogP contribution in [0.2, 0.25) is 0 Å². The number of benzene rings is 2. The number of hydrogen-bond acceptors (Lipinski definition) is 2. The first-order chi connectivity index (χ1) is 10.5. The van der Waals surface area contributed by atoms with Crippen LogP contribution < -0.4 is 5.32 Å². The number of amides is 1. The molecule has 3 N–H and O–H groups in total. The van der Waals surface area contributed by atoms with Gasteiger partial charge in [0.15, 0.2) is 0 Å². The number of carbonyl (C=O) groups is 1. The lowest BCUT2D eigenvalue weighted by Crippen LogP contribution is -2.26. The van der Waals surface area contributed by atoms with Crippen LogP contribution in [0, 0.1) is 5.82 Å². The number of fused-ring (bicyclic) bond motifs is 1. The standard InChI is InChI=1S/C17H15FN2O2/c1-10(20-17(22)16-8-15(21)9-19-16)11-2-3-13-7-14(18)5-4-12(13)6-11/h2-10,19,21H,1H3,(H,20,22)/t10-/m0/s1. The quantitative estimate of drug-likeness (QED) is 0.693. The number of carbonyl (C=O) groups excluding carboxylic acids is 1. The fraction of sp³-hybridized carbons (Fsp3) is 0.118. The number of aromatic nitrogens is 1. The van der Waals surface area contributed by atoms with Crippen molar-refractivity contribution in [3.63, 3.8) is 0 Å². The van der Waals surface area contributed by atoms with Gasteiger partial charge in [-0.05, 0) is 41.5 Å². The van der Waals surface area contributed by atoms with Gasteiger partial charge in [-0.2, -0.15) is 0 Å². The summed E-state index contributed by atoms with van der Waals surface area (Å²) < 4.78 is 13.2. The smallest absolute Gasteiger partial charge is 0.268 e. The Morgan fingerprint density at radius 3 is 2.64 bits per heavy atom. The lowest BCUT2D eigenvalue weighted by Gasteiger charge is -2.14. The normalized spacial score (nSPS) is 12.3. The Kier molecular flexibility index (Phi) is 3.55. The molecule has 1 atom stereocenters. The molecule has 112 valence electrons. The number of rotatable bonds is 3. The number of aromatic amines is 1. The van der Waals surface area contributed by atoms with E-state index in [-0.39, 0.29) is 23.5 Å². The number of nitrogens with one attached hydrogen (secondary N) is 2. The molecule has 4 nitrogen and oxygen atoms in total. The predicted octanol–water partition coefficient (Wildman–Crippen LogP) is 3.50. The van der Waals surface area contributed by atoms with Crippen LogP contribution in [0.4, 0.5) is 4.39 Å². The van der Waals surface area contributed by atoms with Crippen molar-refractivity contribution in [1.82, 2.24) is 10.3 Å². The first-order valence-corrected chi connectivity index (χ1v) is 6.90. The van der Waals surface area contributed by atoms with Crippen molar-refractivity contribution in [2.45, 2.75) is 13.0 Å². The van der Waals surface area contributed by atoms with Crippen LogP contribution in [0.15, 0.2) is 48.7 Å². The van der Waals surface area contributed by atoms with Crippen LogP contribution >= 0.6 is 0 Å². The fourth-order valence-electron chi connectivity index (χ4n) is 2.38. The third kappa shape index (κ3) is 2.79. The third-order valence-corrected chi connectivity index (χ3v) is 3.59. The average Bonchev–Trinajstić information content (AvgIpc) is 2.93. The van der Waals surface area contributed by atoms with Gasteiger partial charge in [0, 0.05) is 12.3 Å². The molecule has 0 aliphatic carbocycles. The minimum atomic E-state index is -0.299. The van der Waals surface area contributed by atoms with E-state index in [1.807, 2.05) is 25.1 Å². The van der Waals surface area contributed by atoms with Gasteiger partial charge in [0.25, 0.3) is 5.91 Å². The predicted molar refractivity (Wildman–Crippen MR) is 82.2 cm³/mol. The van der Waals surface area contributed by atoms with E-state index >= 15 is 0 Å². The van der Waals surface area contributed by atoms with E-state index in [1.165, 1.54) is 24.4 Å². The molecule has 0 saturated carbocycles. The summed E-state index contributed by atoms with van der Waals surface area (Å²) in [4.78, 5) is 14.7. The van der Waals surface area contributed by atoms with Crippen molar-refractivity contribution in [3.8, 4) is 5.75 Å². The van der Waals surface area contributed by atoms with E-state index in [9.17, 15) is 14.3 Å². The molecule has 0 fully saturated rings. The van der Waals surface area contributed by atoms with Gasteiger partial charge < -0.3 is 15.4 Å². The summed E-state index contributed by atoms with van der Waals surface area (Å²) in [5, 5.41) is 13.8. The Morgan fingerprint density at radius 1 is 1.18 bits per heavy atom. The molecule has 0 spiro atoms. The lowest BCUT2D eigenvalue weighted by atomic mass is 10.0. The zero-order valence-electron chi connectivity index (χ0n) is 11.9. The van der Waals surface area contributed by atoms with E-state index in [4.69, 9.17) is 0 Å². The van der Waals surface area contributed by atoms with E-state index in [1.54, 1.807) is 6.07 Å². The minimum absolute atomic E-state index is 0.0190. The molecule has 1 amide bonds. The van der Waals surface area contributed by atoms with Crippen LogP contribution in [0.25, 0.3) is 10.8 Å². The zero-order valence-corrected chi connectivity index (χ0v) is 11.9. The average molecular weight is 298 g/mol. The summed E-state index contributed by atoms with van der Waals surface area (Å²) >= 11 is 0. The maximum Gasteiger partial charge on any atom is 0.268 e. The van der Waals surface area contributed by atoms with Gasteiger partial charge in [0.05, 0.1) is 6.04 Å². The molecule has 22 heavy (non-hydrogen) atoms. The van der Waals surface area contributed by atoms with Crippen molar-refractivity contribution in [2.75, 3.05) is 0 Å². The highest BCUT2D eigenvalue weighted by Crippen LogP contribution is 2.21. The molecular formula is C17H15FN2O2. The molecule has 3 rings (SSSR count). The topological polar surface area (TPSA) is 65.1 Å². The first kappa shape index (κ1) is 14.1. The summed E-state index contributed by atoms with van der Waals surface area (Å²) in [6, 6.07) is 11.4. The SMILES string of the molecule is C[C@H](NC(=O)c1cc(O)c[nH]1)c1ccc2cc(F)ccc2c1. The van der Waals surface area contributed by atoms with Gasteiger partial charge >= 0.3 is 0 Å². The minimum Gasteiger partial charge on any atom is -0.506 e. The van der Waals surface area contributed by atoms with Crippen LogP contribution in [0.5, 0.6) is 5.75 Å². The van der Waals surface area contributed by atoms with Crippen molar-refractivity contribution in [3.05, 3.63) is 65.7 Å². The summed E-state index contributed by atoms with van der Waals surface area (Å²) in [7, 11) is 0. The largest absolute Gasteiger partial charge is 0.506 e. The Labute approximate surface area is 126 Å². The number of halogens is 1. The second kappa shape index (κ2) is 5.52. The highest BCUT2D eigenvalue weighted by molar-refractivity contribution is 5.93. The molecule has 0 saturated heterocycles. The molecule has 0 radical (unpaired) electrons. The molecular weight excluding hydrogens is 283 g/mol. The van der Waals surface area contributed by atoms with Crippen molar-refractivity contribution in [1.29, 1.82) is 0 Å². The lowest BCUT2D eigenvalue weighted by molar-refractivity contribution is 0.0935. The van der Waals surface area contributed by atoms with Crippen molar-refractivity contribution in [2.24, 2.45) is 0 Å². The van der Waals surface area contributed by atoms with Crippen LogP contribution in [-0.4, -0.2) is 16.0 Å². The number of hydrogen-bond donors (Lipinski definition) is 3. The monoisotopic (exact) mass is 298 g/mol. The van der Waals surface area contributed by atoms with Gasteiger partial charge in [-0.1, -0.05) is 18.2 Å². The molecule has 0 aliphatic rings. The summed E-state index contributed by atoms with van der Waals surface area (Å²) in [6.07, 6.45) is 1.35. The van der Waals surface area contributed by atoms with Crippen LogP contribution in [-0.2, 0) is 0 Å². The Balaban J connectivity index is 1.81. The second-order valence-corrected chi connectivity index (χ2v) is 5.22. The molecule has 1 aromatic heterocycles. The Bertz CT molecular complexity index is 842. The van der Waals surface area contributed by atoms with Gasteiger partial charge in [0.2, 0.25) is 0 Å². The molecule has 2 aromatic carbocycles. The molecule has 3 aromatic rings. The van der Waals surface area contributed by atoms with Gasteiger partial charge in [-0.3, -0.25) is 4.79 Å².